The zero-order valence-corrected chi connectivity index (χ0v) is 11.2. The highest BCUT2D eigenvalue weighted by Gasteiger charge is 2.03. The Morgan fingerprint density at radius 2 is 1.50 bits per heavy atom. The number of nitrogens with two attached hydrogens (primary N) is 1. The van der Waals surface area contributed by atoms with E-state index in [1.54, 1.807) is 0 Å². The van der Waals surface area contributed by atoms with E-state index in [2.05, 4.69) is 15.3 Å². The molecule has 2 heterocycles. The van der Waals surface area contributed by atoms with Crippen molar-refractivity contribution >= 4 is 6.41 Å². The quantitative estimate of drug-likeness (QED) is 0.660. The molecule has 0 saturated heterocycles. The summed E-state index contributed by atoms with van der Waals surface area (Å²) in [4.78, 5) is 16.7. The number of rotatable bonds is 4. The number of hydrogen-bond acceptors (Lipinski definition) is 4. The second kappa shape index (κ2) is 8.67. The maximum Gasteiger partial charge on any atom is 0.207 e. The van der Waals surface area contributed by atoms with E-state index in [-0.39, 0.29) is 24.5 Å². The Kier molecular flexibility index (Phi) is 6.90. The Bertz CT molecular complexity index is 639. The highest BCUT2D eigenvalue weighted by molar-refractivity contribution is 5.45. The van der Waals surface area contributed by atoms with Gasteiger partial charge in [-0.25, -0.2) is 17.6 Å². The fourth-order valence-corrected chi connectivity index (χ4v) is 1.30. The lowest BCUT2D eigenvalue weighted by Crippen LogP contribution is -2.12. The lowest BCUT2D eigenvalue weighted by Gasteiger charge is -1.99. The standard InChI is InChI=1S/C7H6F2N2O.C6H6F2N2/c8-5-1-6(9)7(11-2-5)3-10-4-12;7-4-1-5(8)6(2-9)10-3-4/h1-2,4H,3H2,(H,10,12);1,3H,2,9H2. The maximum absolute atomic E-state index is 12.7. The number of carbonyl (C=O) groups is 1. The van der Waals surface area contributed by atoms with Crippen molar-refractivity contribution in [2.45, 2.75) is 13.1 Å². The molecular formula is C13H12F4N4O. The Labute approximate surface area is 123 Å². The molecule has 0 unspecified atom stereocenters. The lowest BCUT2D eigenvalue weighted by molar-refractivity contribution is -0.109. The largest absolute Gasteiger partial charge is 0.353 e. The smallest absolute Gasteiger partial charge is 0.207 e. The molecule has 1 amide bonds. The Balaban J connectivity index is 0.000000224. The first kappa shape index (κ1) is 17.5. The molecule has 0 atom stereocenters. The van der Waals surface area contributed by atoms with Gasteiger partial charge in [0.2, 0.25) is 6.41 Å². The summed E-state index contributed by atoms with van der Waals surface area (Å²) in [7, 11) is 0. The second-order valence-electron chi connectivity index (χ2n) is 3.87. The van der Waals surface area contributed by atoms with Gasteiger partial charge in [0.15, 0.2) is 0 Å². The number of pyridine rings is 2. The van der Waals surface area contributed by atoms with Gasteiger partial charge in [-0.2, -0.15) is 0 Å². The van der Waals surface area contributed by atoms with Crippen LogP contribution in [0.2, 0.25) is 0 Å². The third-order valence-corrected chi connectivity index (χ3v) is 2.31. The van der Waals surface area contributed by atoms with E-state index < -0.39 is 23.3 Å². The number of hydrogen-bond donors (Lipinski definition) is 2. The Morgan fingerprint density at radius 1 is 1.00 bits per heavy atom. The van der Waals surface area contributed by atoms with Crippen LogP contribution in [0.3, 0.4) is 0 Å². The number of amides is 1. The van der Waals surface area contributed by atoms with Crippen LogP contribution in [0.5, 0.6) is 0 Å². The summed E-state index contributed by atoms with van der Waals surface area (Å²) in [5.41, 5.74) is 5.18. The van der Waals surface area contributed by atoms with E-state index in [9.17, 15) is 22.4 Å². The third kappa shape index (κ3) is 5.44. The third-order valence-electron chi connectivity index (χ3n) is 2.31. The molecule has 2 aromatic rings. The predicted molar refractivity (Wildman–Crippen MR) is 69.1 cm³/mol. The summed E-state index contributed by atoms with van der Waals surface area (Å²) in [6.45, 7) is -0.0400. The van der Waals surface area contributed by atoms with E-state index in [4.69, 9.17) is 5.73 Å². The van der Waals surface area contributed by atoms with Crippen LogP contribution in [0.15, 0.2) is 24.5 Å². The molecule has 5 nitrogen and oxygen atoms in total. The minimum absolute atomic E-state index is 0.00782. The molecule has 0 aliphatic carbocycles. The van der Waals surface area contributed by atoms with Crippen LogP contribution in [0, 0.1) is 23.3 Å². The first-order valence-electron chi connectivity index (χ1n) is 5.94. The van der Waals surface area contributed by atoms with Crippen LogP contribution >= 0.6 is 0 Å². The van der Waals surface area contributed by atoms with Crippen molar-refractivity contribution in [2.75, 3.05) is 0 Å². The molecule has 0 aliphatic rings. The predicted octanol–water partition coefficient (Wildman–Crippen LogP) is 1.42. The average Bonchev–Trinajstić information content (AvgIpc) is 2.47. The summed E-state index contributed by atoms with van der Waals surface area (Å²) in [5.74, 6) is -2.87. The van der Waals surface area contributed by atoms with E-state index in [0.717, 1.165) is 24.5 Å². The minimum atomic E-state index is -0.760. The fourth-order valence-electron chi connectivity index (χ4n) is 1.30. The second-order valence-corrected chi connectivity index (χ2v) is 3.87. The van der Waals surface area contributed by atoms with Crippen LogP contribution in [0.4, 0.5) is 17.6 Å². The van der Waals surface area contributed by atoms with Crippen molar-refractivity contribution in [3.8, 4) is 0 Å². The Hall–Kier alpha value is -2.55. The molecule has 2 aromatic heterocycles. The van der Waals surface area contributed by atoms with Crippen LogP contribution < -0.4 is 11.1 Å². The molecule has 2 rings (SSSR count). The molecule has 0 spiro atoms. The van der Waals surface area contributed by atoms with Gasteiger partial charge in [0.25, 0.3) is 0 Å². The summed E-state index contributed by atoms with van der Waals surface area (Å²) in [5, 5.41) is 2.22. The highest BCUT2D eigenvalue weighted by atomic mass is 19.1. The van der Waals surface area contributed by atoms with Crippen molar-refractivity contribution in [3.63, 3.8) is 0 Å². The first-order valence-corrected chi connectivity index (χ1v) is 5.94. The highest BCUT2D eigenvalue weighted by Crippen LogP contribution is 2.05. The summed E-state index contributed by atoms with van der Waals surface area (Å²) < 4.78 is 49.6. The Morgan fingerprint density at radius 3 is 1.91 bits per heavy atom. The normalized spacial score (nSPS) is 9.68. The van der Waals surface area contributed by atoms with E-state index in [1.165, 1.54) is 0 Å². The van der Waals surface area contributed by atoms with Gasteiger partial charge >= 0.3 is 0 Å². The molecule has 0 bridgehead atoms. The van der Waals surface area contributed by atoms with E-state index >= 15 is 0 Å². The van der Waals surface area contributed by atoms with Gasteiger partial charge in [-0.15, -0.1) is 0 Å². The van der Waals surface area contributed by atoms with Gasteiger partial charge in [0.05, 0.1) is 30.3 Å². The number of aromatic nitrogens is 2. The van der Waals surface area contributed by atoms with Crippen molar-refractivity contribution < 1.29 is 22.4 Å². The van der Waals surface area contributed by atoms with Crippen LogP contribution in [-0.4, -0.2) is 16.4 Å². The summed E-state index contributed by atoms with van der Waals surface area (Å²) in [6, 6.07) is 1.48. The molecule has 0 saturated carbocycles. The van der Waals surface area contributed by atoms with Crippen molar-refractivity contribution in [1.82, 2.24) is 15.3 Å². The van der Waals surface area contributed by atoms with Crippen LogP contribution in [-0.2, 0) is 17.9 Å². The van der Waals surface area contributed by atoms with Gasteiger partial charge in [-0.3, -0.25) is 14.8 Å². The van der Waals surface area contributed by atoms with Crippen molar-refractivity contribution in [1.29, 1.82) is 0 Å². The molecular weight excluding hydrogens is 304 g/mol. The molecule has 0 radical (unpaired) electrons. The molecule has 9 heteroatoms. The van der Waals surface area contributed by atoms with E-state index in [0.29, 0.717) is 6.41 Å². The summed E-state index contributed by atoms with van der Waals surface area (Å²) in [6.07, 6.45) is 2.25. The van der Waals surface area contributed by atoms with Gasteiger partial charge < -0.3 is 11.1 Å². The van der Waals surface area contributed by atoms with Crippen LogP contribution in [0.1, 0.15) is 11.4 Å². The fraction of sp³-hybridized carbons (Fsp3) is 0.154. The maximum atomic E-state index is 12.7. The lowest BCUT2D eigenvalue weighted by atomic mass is 10.3. The van der Waals surface area contributed by atoms with E-state index in [1.807, 2.05) is 0 Å². The molecule has 118 valence electrons. The monoisotopic (exact) mass is 316 g/mol. The summed E-state index contributed by atoms with van der Waals surface area (Å²) >= 11 is 0. The number of carbonyl (C=O) groups excluding carboxylic acids is 1. The number of halogens is 4. The van der Waals surface area contributed by atoms with Crippen molar-refractivity contribution in [2.24, 2.45) is 5.73 Å². The molecule has 0 aromatic carbocycles. The zero-order chi connectivity index (χ0) is 16.5. The van der Waals surface area contributed by atoms with Gasteiger partial charge in [0, 0.05) is 18.7 Å². The minimum Gasteiger partial charge on any atom is -0.353 e. The SMILES string of the molecule is NCc1ncc(F)cc1F.O=CNCc1ncc(F)cc1F. The number of nitrogens with one attached hydrogen (secondary N) is 1. The first-order chi connectivity index (χ1) is 10.5. The number of nitrogens with zero attached hydrogens (tertiary/aromatic N) is 2. The van der Waals surface area contributed by atoms with Crippen LogP contribution in [0.25, 0.3) is 0 Å². The molecule has 0 fully saturated rings. The molecule has 22 heavy (non-hydrogen) atoms. The van der Waals surface area contributed by atoms with Gasteiger partial charge in [-0.1, -0.05) is 0 Å². The van der Waals surface area contributed by atoms with Gasteiger partial charge in [-0.05, 0) is 0 Å². The molecule has 3 N–H and O–H groups in total. The van der Waals surface area contributed by atoms with Gasteiger partial charge in [0.1, 0.15) is 23.3 Å². The zero-order valence-electron chi connectivity index (χ0n) is 11.2. The molecule has 0 aliphatic heterocycles. The average molecular weight is 316 g/mol. The topological polar surface area (TPSA) is 80.9 Å². The van der Waals surface area contributed by atoms with Crippen molar-refractivity contribution in [3.05, 3.63) is 59.2 Å².